The van der Waals surface area contributed by atoms with Gasteiger partial charge < -0.3 is 5.32 Å². The number of nitrogens with one attached hydrogen (secondary N) is 1. The van der Waals surface area contributed by atoms with Crippen molar-refractivity contribution in [2.75, 3.05) is 5.32 Å². The van der Waals surface area contributed by atoms with Gasteiger partial charge in [0.2, 0.25) is 5.13 Å². The van der Waals surface area contributed by atoms with Gasteiger partial charge in [0.15, 0.2) is 4.34 Å². The lowest BCUT2D eigenvalue weighted by Gasteiger charge is -2.03. The lowest BCUT2D eigenvalue weighted by atomic mass is 10.2. The van der Waals surface area contributed by atoms with E-state index in [-0.39, 0.29) is 11.6 Å². The van der Waals surface area contributed by atoms with Crippen LogP contribution >= 0.6 is 34.7 Å². The number of nitrogens with zero attached hydrogens (tertiary/aromatic N) is 2. The molecule has 1 N–H and O–H groups in total. The lowest BCUT2D eigenvalue weighted by Crippen LogP contribution is -1.92. The van der Waals surface area contributed by atoms with Crippen LogP contribution in [0.2, 0.25) is 5.02 Å². The molecule has 23 heavy (non-hydrogen) atoms. The quantitative estimate of drug-likeness (QED) is 0.602. The second-order valence-electron chi connectivity index (χ2n) is 4.47. The van der Waals surface area contributed by atoms with Crippen molar-refractivity contribution >= 4 is 45.5 Å². The van der Waals surface area contributed by atoms with Crippen molar-refractivity contribution in [3.05, 3.63) is 64.7 Å². The minimum absolute atomic E-state index is 0.331. The van der Waals surface area contributed by atoms with Gasteiger partial charge in [0.1, 0.15) is 11.6 Å². The molecule has 3 rings (SSSR count). The van der Waals surface area contributed by atoms with E-state index in [1.165, 1.54) is 35.2 Å². The first kappa shape index (κ1) is 16.2. The van der Waals surface area contributed by atoms with E-state index in [2.05, 4.69) is 15.5 Å². The Bertz CT molecular complexity index is 806. The van der Waals surface area contributed by atoms with Crippen molar-refractivity contribution in [1.82, 2.24) is 10.2 Å². The molecule has 0 fully saturated rings. The maximum absolute atomic E-state index is 13.7. The molecule has 0 bridgehead atoms. The van der Waals surface area contributed by atoms with Gasteiger partial charge in [0, 0.05) is 16.3 Å². The third-order valence-corrected chi connectivity index (χ3v) is 5.28. The molecule has 3 nitrogen and oxygen atoms in total. The van der Waals surface area contributed by atoms with Crippen molar-refractivity contribution in [1.29, 1.82) is 0 Å². The number of hydrogen-bond acceptors (Lipinski definition) is 5. The zero-order chi connectivity index (χ0) is 16.2. The Balaban J connectivity index is 1.67. The molecular weight excluding hydrogens is 360 g/mol. The number of rotatable bonds is 5. The Morgan fingerprint density at radius 1 is 1.04 bits per heavy atom. The summed E-state index contributed by atoms with van der Waals surface area (Å²) in [5.74, 6) is -0.367. The SMILES string of the molecule is Fc1ccccc1Nc1nnc(SCc2c(F)cccc2Cl)s1. The summed E-state index contributed by atoms with van der Waals surface area (Å²) in [6.45, 7) is 0. The summed E-state index contributed by atoms with van der Waals surface area (Å²) < 4.78 is 27.9. The van der Waals surface area contributed by atoms with Crippen LogP contribution in [0.1, 0.15) is 5.56 Å². The van der Waals surface area contributed by atoms with Crippen LogP contribution in [0.15, 0.2) is 46.8 Å². The third kappa shape index (κ3) is 3.99. The smallest absolute Gasteiger partial charge is 0.210 e. The van der Waals surface area contributed by atoms with E-state index < -0.39 is 0 Å². The molecule has 0 unspecified atom stereocenters. The molecule has 0 atom stereocenters. The topological polar surface area (TPSA) is 37.8 Å². The van der Waals surface area contributed by atoms with Crippen molar-refractivity contribution in [2.45, 2.75) is 10.1 Å². The maximum atomic E-state index is 13.7. The molecule has 2 aromatic carbocycles. The summed E-state index contributed by atoms with van der Waals surface area (Å²) >= 11 is 8.57. The second-order valence-corrected chi connectivity index (χ2v) is 7.07. The Kier molecular flexibility index (Phi) is 5.09. The summed E-state index contributed by atoms with van der Waals surface area (Å²) in [6, 6.07) is 10.9. The minimum Gasteiger partial charge on any atom is -0.328 e. The summed E-state index contributed by atoms with van der Waals surface area (Å²) in [6.07, 6.45) is 0. The monoisotopic (exact) mass is 369 g/mol. The van der Waals surface area contributed by atoms with Crippen LogP contribution in [0.5, 0.6) is 0 Å². The molecule has 3 aromatic rings. The Hall–Kier alpha value is -1.70. The minimum atomic E-state index is -0.366. The molecule has 1 heterocycles. The van der Waals surface area contributed by atoms with Crippen molar-refractivity contribution in [3.63, 3.8) is 0 Å². The van der Waals surface area contributed by atoms with Crippen LogP contribution in [0.4, 0.5) is 19.6 Å². The van der Waals surface area contributed by atoms with Crippen molar-refractivity contribution in [2.24, 2.45) is 0 Å². The Morgan fingerprint density at radius 3 is 2.61 bits per heavy atom. The van der Waals surface area contributed by atoms with E-state index in [0.717, 1.165) is 0 Å². The molecular formula is C15H10ClF2N3S2. The number of anilines is 2. The van der Waals surface area contributed by atoms with Gasteiger partial charge in [-0.1, -0.05) is 52.9 Å². The highest BCUT2D eigenvalue weighted by atomic mass is 35.5. The first-order valence-corrected chi connectivity index (χ1v) is 8.72. The molecule has 1 aromatic heterocycles. The van der Waals surface area contributed by atoms with Gasteiger partial charge in [-0.2, -0.15) is 0 Å². The van der Waals surface area contributed by atoms with Gasteiger partial charge in [0.05, 0.1) is 5.69 Å². The first-order chi connectivity index (χ1) is 11.1. The van der Waals surface area contributed by atoms with Gasteiger partial charge in [-0.3, -0.25) is 0 Å². The number of benzene rings is 2. The largest absolute Gasteiger partial charge is 0.328 e. The molecule has 0 saturated carbocycles. The van der Waals surface area contributed by atoms with Crippen LogP contribution in [0, 0.1) is 11.6 Å². The van der Waals surface area contributed by atoms with Gasteiger partial charge >= 0.3 is 0 Å². The lowest BCUT2D eigenvalue weighted by molar-refractivity contribution is 0.617. The summed E-state index contributed by atoms with van der Waals surface area (Å²) in [4.78, 5) is 0. The van der Waals surface area contributed by atoms with Crippen molar-refractivity contribution < 1.29 is 8.78 Å². The number of hydrogen-bond donors (Lipinski definition) is 1. The normalized spacial score (nSPS) is 10.7. The van der Waals surface area contributed by atoms with E-state index in [1.54, 1.807) is 30.3 Å². The molecule has 118 valence electrons. The van der Waals surface area contributed by atoms with E-state index in [9.17, 15) is 8.78 Å². The zero-order valence-electron chi connectivity index (χ0n) is 11.6. The number of halogens is 3. The number of para-hydroxylation sites is 1. The Labute approximate surface area is 144 Å². The van der Waals surface area contributed by atoms with Crippen LogP contribution in [0.25, 0.3) is 0 Å². The van der Waals surface area contributed by atoms with Crippen LogP contribution < -0.4 is 5.32 Å². The molecule has 0 aliphatic carbocycles. The average Bonchev–Trinajstić information content (AvgIpc) is 2.97. The van der Waals surface area contributed by atoms with E-state index in [1.807, 2.05) is 0 Å². The van der Waals surface area contributed by atoms with E-state index in [0.29, 0.717) is 31.5 Å². The Morgan fingerprint density at radius 2 is 1.83 bits per heavy atom. The zero-order valence-corrected chi connectivity index (χ0v) is 14.0. The summed E-state index contributed by atoms with van der Waals surface area (Å²) in [5, 5.41) is 11.7. The van der Waals surface area contributed by atoms with Crippen LogP contribution in [-0.4, -0.2) is 10.2 Å². The fourth-order valence-electron chi connectivity index (χ4n) is 1.80. The summed E-state index contributed by atoms with van der Waals surface area (Å²) in [5.41, 5.74) is 0.760. The fraction of sp³-hybridized carbons (Fsp3) is 0.0667. The standard InChI is InChI=1S/C15H10ClF2N3S2/c16-10-4-3-6-11(17)9(10)8-22-15-21-20-14(23-15)19-13-7-2-1-5-12(13)18/h1-7H,8H2,(H,19,20). The third-order valence-electron chi connectivity index (χ3n) is 2.92. The molecule has 0 aliphatic rings. The van der Waals surface area contributed by atoms with Crippen molar-refractivity contribution in [3.8, 4) is 0 Å². The molecule has 8 heteroatoms. The molecule has 0 saturated heterocycles. The highest BCUT2D eigenvalue weighted by Crippen LogP contribution is 2.32. The van der Waals surface area contributed by atoms with Crippen LogP contribution in [0.3, 0.4) is 0 Å². The van der Waals surface area contributed by atoms with Gasteiger partial charge in [-0.05, 0) is 24.3 Å². The number of aromatic nitrogens is 2. The van der Waals surface area contributed by atoms with Crippen LogP contribution in [-0.2, 0) is 5.75 Å². The molecule has 0 spiro atoms. The predicted molar refractivity (Wildman–Crippen MR) is 90.6 cm³/mol. The second kappa shape index (κ2) is 7.25. The maximum Gasteiger partial charge on any atom is 0.210 e. The predicted octanol–water partition coefficient (Wildman–Crippen LogP) is 5.51. The first-order valence-electron chi connectivity index (χ1n) is 6.54. The van der Waals surface area contributed by atoms with E-state index >= 15 is 0 Å². The van der Waals surface area contributed by atoms with Gasteiger partial charge in [-0.15, -0.1) is 10.2 Å². The van der Waals surface area contributed by atoms with Gasteiger partial charge in [0.25, 0.3) is 0 Å². The summed E-state index contributed by atoms with van der Waals surface area (Å²) in [7, 11) is 0. The highest BCUT2D eigenvalue weighted by molar-refractivity contribution is 8.00. The van der Waals surface area contributed by atoms with E-state index in [4.69, 9.17) is 11.6 Å². The molecule has 0 aliphatic heterocycles. The molecule has 0 radical (unpaired) electrons. The highest BCUT2D eigenvalue weighted by Gasteiger charge is 2.11. The fourth-order valence-corrected chi connectivity index (χ4v) is 3.91. The average molecular weight is 370 g/mol. The molecule has 0 amide bonds. The van der Waals surface area contributed by atoms with Gasteiger partial charge in [-0.25, -0.2) is 8.78 Å². The number of thioether (sulfide) groups is 1.